The molecule has 1 N–H and O–H groups in total. The Bertz CT molecular complexity index is 1050. The van der Waals surface area contributed by atoms with Crippen molar-refractivity contribution < 1.29 is 18.0 Å². The van der Waals surface area contributed by atoms with Crippen LogP contribution in [0.3, 0.4) is 0 Å². The Kier molecular flexibility index (Phi) is 7.02. The van der Waals surface area contributed by atoms with Crippen LogP contribution in [-0.4, -0.2) is 72.5 Å². The van der Waals surface area contributed by atoms with Gasteiger partial charge in [0.05, 0.1) is 17.9 Å². The molecule has 2 atom stereocenters. The molecular weight excluding hydrogens is 442 g/mol. The normalized spacial score (nSPS) is 24.8. The van der Waals surface area contributed by atoms with Gasteiger partial charge < -0.3 is 10.2 Å². The molecule has 1 aromatic carbocycles. The number of aryl methyl sites for hydroxylation is 1. The molecule has 3 aliphatic heterocycles. The smallest absolute Gasteiger partial charge is 0.282 e. The minimum Gasteiger partial charge on any atom is -0.350 e. The van der Waals surface area contributed by atoms with E-state index in [4.69, 9.17) is 5.26 Å². The van der Waals surface area contributed by atoms with Crippen LogP contribution in [0.15, 0.2) is 24.3 Å². The maximum Gasteiger partial charge on any atom is 0.282 e. The number of rotatable bonds is 6. The molecule has 4 rings (SSSR count). The first-order chi connectivity index (χ1) is 15.8. The highest BCUT2D eigenvalue weighted by molar-refractivity contribution is 7.86. The van der Waals surface area contributed by atoms with Gasteiger partial charge in [-0.3, -0.25) is 9.59 Å². The van der Waals surface area contributed by atoms with Gasteiger partial charge in [0, 0.05) is 39.3 Å². The van der Waals surface area contributed by atoms with E-state index < -0.39 is 22.2 Å². The first kappa shape index (κ1) is 23.7. The van der Waals surface area contributed by atoms with E-state index in [1.165, 1.54) is 8.61 Å². The largest absolute Gasteiger partial charge is 0.350 e. The molecule has 33 heavy (non-hydrogen) atoms. The third-order valence-corrected chi connectivity index (χ3v) is 8.90. The van der Waals surface area contributed by atoms with Crippen molar-refractivity contribution in [3.63, 3.8) is 0 Å². The molecule has 10 heteroatoms. The lowest BCUT2D eigenvalue weighted by Crippen LogP contribution is -2.57. The maximum atomic E-state index is 13.3. The number of hydrogen-bond donors (Lipinski definition) is 1. The summed E-state index contributed by atoms with van der Waals surface area (Å²) in [4.78, 5) is 27.9. The molecule has 0 saturated carbocycles. The average molecular weight is 474 g/mol. The molecular formula is C23H31N5O4S. The van der Waals surface area contributed by atoms with E-state index in [1.54, 1.807) is 4.90 Å². The number of piperidine rings is 1. The van der Waals surface area contributed by atoms with Crippen LogP contribution in [0.4, 0.5) is 0 Å². The first-order valence-corrected chi connectivity index (χ1v) is 13.0. The number of carbonyl (C=O) groups excluding carboxylic acids is 2. The van der Waals surface area contributed by atoms with Crippen LogP contribution in [0, 0.1) is 30.1 Å². The van der Waals surface area contributed by atoms with Crippen LogP contribution in [-0.2, 0) is 26.3 Å². The zero-order valence-electron chi connectivity index (χ0n) is 18.9. The van der Waals surface area contributed by atoms with Crippen molar-refractivity contribution in [2.24, 2.45) is 11.8 Å². The fraction of sp³-hybridized carbons (Fsp3) is 0.609. The third kappa shape index (κ3) is 4.90. The molecule has 3 aliphatic rings. The van der Waals surface area contributed by atoms with E-state index in [2.05, 4.69) is 11.4 Å². The number of nitrogens with zero attached hydrogens (tertiary/aromatic N) is 4. The van der Waals surface area contributed by atoms with E-state index in [9.17, 15) is 18.0 Å². The number of likely N-dealkylation sites (tertiary alicyclic amines) is 1. The molecule has 3 fully saturated rings. The summed E-state index contributed by atoms with van der Waals surface area (Å²) in [5, 5.41) is 11.9. The van der Waals surface area contributed by atoms with Crippen LogP contribution < -0.4 is 5.32 Å². The van der Waals surface area contributed by atoms with Crippen molar-refractivity contribution in [1.29, 1.82) is 5.26 Å². The molecule has 0 unspecified atom stereocenters. The number of carbonyl (C=O) groups is 2. The molecule has 0 radical (unpaired) electrons. The lowest BCUT2D eigenvalue weighted by Gasteiger charge is -2.41. The van der Waals surface area contributed by atoms with Gasteiger partial charge in [-0.05, 0) is 43.7 Å². The molecule has 9 nitrogen and oxygen atoms in total. The van der Waals surface area contributed by atoms with Crippen molar-refractivity contribution in [2.75, 3.05) is 32.7 Å². The number of nitrogens with one attached hydrogen (secondary N) is 1. The molecule has 2 amide bonds. The summed E-state index contributed by atoms with van der Waals surface area (Å²) < 4.78 is 28.5. The minimum absolute atomic E-state index is 0.128. The van der Waals surface area contributed by atoms with Gasteiger partial charge in [-0.15, -0.1) is 0 Å². The van der Waals surface area contributed by atoms with E-state index in [0.29, 0.717) is 38.9 Å². The molecule has 178 valence electrons. The van der Waals surface area contributed by atoms with E-state index in [1.807, 2.05) is 31.2 Å². The molecule has 3 heterocycles. The van der Waals surface area contributed by atoms with Gasteiger partial charge in [-0.1, -0.05) is 24.3 Å². The zero-order valence-corrected chi connectivity index (χ0v) is 19.8. The first-order valence-electron chi connectivity index (χ1n) is 11.6. The van der Waals surface area contributed by atoms with Crippen molar-refractivity contribution in [3.8, 4) is 6.07 Å². The van der Waals surface area contributed by atoms with Gasteiger partial charge >= 0.3 is 0 Å². The second-order valence-electron chi connectivity index (χ2n) is 9.18. The van der Waals surface area contributed by atoms with Crippen molar-refractivity contribution >= 4 is 22.0 Å². The number of benzene rings is 1. The Hall–Kier alpha value is -2.48. The second-order valence-corrected chi connectivity index (χ2v) is 11.1. The number of hydrogen-bond acceptors (Lipinski definition) is 5. The van der Waals surface area contributed by atoms with E-state index in [0.717, 1.165) is 17.5 Å². The Morgan fingerprint density at radius 2 is 1.82 bits per heavy atom. The van der Waals surface area contributed by atoms with Gasteiger partial charge in [0.1, 0.15) is 6.04 Å². The summed E-state index contributed by atoms with van der Waals surface area (Å²) in [6.07, 6.45) is 2.58. The number of amides is 2. The average Bonchev–Trinajstić information content (AvgIpc) is 3.27. The SMILES string of the molecule is Cc1ccccc1CNC(=O)[C@H]1CCCN1C(=O)[C@H]1CCCN(S(=O)(=O)N2CC(C#N)C2)C1. The van der Waals surface area contributed by atoms with Gasteiger partial charge in [-0.25, -0.2) is 0 Å². The molecule has 0 aromatic heterocycles. The molecule has 0 spiro atoms. The van der Waals surface area contributed by atoms with Crippen LogP contribution >= 0.6 is 0 Å². The summed E-state index contributed by atoms with van der Waals surface area (Å²) >= 11 is 0. The van der Waals surface area contributed by atoms with Crippen LogP contribution in [0.2, 0.25) is 0 Å². The maximum absolute atomic E-state index is 13.3. The predicted octanol–water partition coefficient (Wildman–Crippen LogP) is 1.01. The lowest BCUT2D eigenvalue weighted by atomic mass is 9.97. The standard InChI is InChI=1S/C23H31N5O4S/c1-17-6-2-3-7-19(17)13-25-22(29)21-9-5-11-28(21)23(30)20-8-4-10-26(16-20)33(31,32)27-14-18(12-24)15-27/h2-3,6-7,18,20-21H,4-5,8-11,13-16H2,1H3,(H,25,29)/t20-,21+/m0/s1. The van der Waals surface area contributed by atoms with E-state index in [-0.39, 0.29) is 37.4 Å². The Balaban J connectivity index is 1.37. The highest BCUT2D eigenvalue weighted by atomic mass is 32.2. The summed E-state index contributed by atoms with van der Waals surface area (Å²) in [5.74, 6) is -1.01. The quantitative estimate of drug-likeness (QED) is 0.663. The van der Waals surface area contributed by atoms with Crippen LogP contribution in [0.25, 0.3) is 0 Å². The fourth-order valence-electron chi connectivity index (χ4n) is 4.87. The van der Waals surface area contributed by atoms with Gasteiger partial charge in [0.25, 0.3) is 10.2 Å². The second kappa shape index (κ2) is 9.79. The highest BCUT2D eigenvalue weighted by Gasteiger charge is 2.44. The van der Waals surface area contributed by atoms with E-state index >= 15 is 0 Å². The summed E-state index contributed by atoms with van der Waals surface area (Å²) in [6.45, 7) is 3.85. The zero-order chi connectivity index (χ0) is 23.6. The third-order valence-electron chi connectivity index (χ3n) is 6.97. The van der Waals surface area contributed by atoms with Gasteiger partial charge in [-0.2, -0.15) is 22.3 Å². The molecule has 3 saturated heterocycles. The Morgan fingerprint density at radius 3 is 2.55 bits per heavy atom. The van der Waals surface area contributed by atoms with Crippen LogP contribution in [0.5, 0.6) is 0 Å². The minimum atomic E-state index is -3.67. The molecule has 1 aromatic rings. The Morgan fingerprint density at radius 1 is 1.09 bits per heavy atom. The van der Waals surface area contributed by atoms with Crippen molar-refractivity contribution in [1.82, 2.24) is 18.8 Å². The topological polar surface area (TPSA) is 114 Å². The summed E-state index contributed by atoms with van der Waals surface area (Å²) in [7, 11) is -3.67. The highest BCUT2D eigenvalue weighted by Crippen LogP contribution is 2.29. The molecule has 0 bridgehead atoms. The van der Waals surface area contributed by atoms with Gasteiger partial charge in [0.2, 0.25) is 11.8 Å². The lowest BCUT2D eigenvalue weighted by molar-refractivity contribution is -0.142. The summed E-state index contributed by atoms with van der Waals surface area (Å²) in [5.41, 5.74) is 2.14. The fourth-order valence-corrected chi connectivity index (χ4v) is 6.66. The predicted molar refractivity (Wildman–Crippen MR) is 122 cm³/mol. The number of nitriles is 1. The van der Waals surface area contributed by atoms with Crippen LogP contribution in [0.1, 0.15) is 36.8 Å². The van der Waals surface area contributed by atoms with Crippen molar-refractivity contribution in [2.45, 2.75) is 45.2 Å². The molecule has 0 aliphatic carbocycles. The summed E-state index contributed by atoms with van der Waals surface area (Å²) in [6, 6.07) is 9.43. The van der Waals surface area contributed by atoms with Gasteiger partial charge in [0.15, 0.2) is 0 Å². The van der Waals surface area contributed by atoms with Crippen molar-refractivity contribution in [3.05, 3.63) is 35.4 Å². The monoisotopic (exact) mass is 473 g/mol. The Labute approximate surface area is 195 Å².